The van der Waals surface area contributed by atoms with E-state index in [9.17, 15) is 46.5 Å². The number of nitrogens with zero attached hydrogens (tertiary/aromatic N) is 14. The van der Waals surface area contributed by atoms with Crippen LogP contribution in [0.5, 0.6) is 5.88 Å². The Bertz CT molecular complexity index is 8180. The standard InChI is InChI=1S/C23H23FN4O2S.C23H28N4O2S.C22H23N5O2S.C22H26N4O2S.C21H24N4O3S/c1-31(29,30)28-10-6-20(7-11-28)27-23-14-19(13-17-5-9-26-15-21(17)23)16-2-3-22(24)18(12-16)4-8-25;1-3-30(28,29)27-12-9-21(10-13-27)26-23-15-19(14-18-8-11-25-16-22(18)23)17-4-6-20(24-2)7-5-17;1-30(28,29)27-8-5-19(6-9-27)25-22-12-17(11-16-4-7-23-14-20(16)22)15-2-3-21-18(10-15)13-24-26-21;1-15-10-18(11-16(2)24-15)19-12-17-4-7-23-14-21(17)22(13-19)25-20-5-8-26(9-6-20)29(3,27)28;1-28-21-13-15(4-8-23-21)17-11-16-3-7-22-14-19(16)20(12-17)24-18-5-9-25(10-6-18)29(2,26)27/h2-3,5,9,12-15,20,27H,4,6-7,10-11H2,1H3;4-8,11,14-16,21,24,26H,3,9-10,12-13H2,1-2H3;2-4,7,10-14,19,25H,5-6,8-9H2,1H3,(H,24,26);4,7,10-14,20,25H,5-6,8-9H2,1-3H3;3-4,7-8,11-14,18,24H,5-6,9-10H2,1-2H3. The molecular formula is C111H124FN21O11S5. The van der Waals surface area contributed by atoms with E-state index in [1.165, 1.54) is 35.4 Å². The SMILES string of the molecule is CCS(=O)(=O)N1CCC(Nc2cc(-c3ccc(NC)cc3)cc3ccncc23)CC1.COc1cc(-c2cc(NC3CCN(S(C)(=O)=O)CC3)c3cnccc3c2)ccn1.CS(=O)(=O)N1CCC(Nc2cc(-c3ccc(F)c(CC#N)c3)cc3ccncc23)CC1.CS(=O)(=O)N1CCC(Nc2cc(-c3ccc4[nH]ncc4c3)cc3ccncc23)CC1.Cc1cc(-c2cc(NC3CCN(S(C)(=O)=O)CC3)c3cnccc3c2)cc(C)n1. The second-order valence-electron chi connectivity index (χ2n) is 38.5. The summed E-state index contributed by atoms with van der Waals surface area (Å²) in [6, 6.07) is 61.9. The number of fused-ring (bicyclic) bond motifs is 6. The summed E-state index contributed by atoms with van der Waals surface area (Å²) < 4.78 is 146. The van der Waals surface area contributed by atoms with Gasteiger partial charge in [0.15, 0.2) is 0 Å². The highest BCUT2D eigenvalue weighted by molar-refractivity contribution is 7.89. The molecule has 7 N–H and O–H groups in total. The van der Waals surface area contributed by atoms with Crippen LogP contribution in [0.1, 0.15) is 88.1 Å². The van der Waals surface area contributed by atoms with Crippen LogP contribution in [0.25, 0.3) is 120 Å². The third kappa shape index (κ3) is 26.9. The van der Waals surface area contributed by atoms with Crippen molar-refractivity contribution in [1.29, 1.82) is 5.26 Å². The Morgan fingerprint density at radius 1 is 0.369 bits per heavy atom. The molecule has 0 radical (unpaired) electrons. The van der Waals surface area contributed by atoms with Crippen molar-refractivity contribution in [2.45, 2.75) is 122 Å². The van der Waals surface area contributed by atoms with Gasteiger partial charge in [-0.05, 0) is 313 Å². The first-order valence-electron chi connectivity index (χ1n) is 49.9. The van der Waals surface area contributed by atoms with Gasteiger partial charge in [0.1, 0.15) is 5.82 Å². The molecule has 0 amide bonds. The first kappa shape index (κ1) is 106. The maximum Gasteiger partial charge on any atom is 0.213 e. The van der Waals surface area contributed by atoms with E-state index in [1.54, 1.807) is 74.4 Å². The normalized spacial score (nSPS) is 16.0. The number of hydrogen-bond acceptors (Lipinski definition) is 26. The summed E-state index contributed by atoms with van der Waals surface area (Å²) in [6.07, 6.45) is 34.6. The molecule has 0 aliphatic carbocycles. The number of halogens is 1. The minimum atomic E-state index is -3.17. The Kier molecular flexibility index (Phi) is 33.5. The Morgan fingerprint density at radius 2 is 0.678 bits per heavy atom. The number of ether oxygens (including phenoxy) is 1. The molecule has 5 aliphatic heterocycles. The molecule has 0 unspecified atom stereocenters. The second-order valence-corrected chi connectivity index (χ2v) is 48.7. The summed E-state index contributed by atoms with van der Waals surface area (Å²) in [6.45, 7) is 11.1. The highest BCUT2D eigenvalue weighted by Gasteiger charge is 2.33. The summed E-state index contributed by atoms with van der Waals surface area (Å²) in [5, 5.41) is 49.2. The fraction of sp³-hybridized carbons (Fsp3) is 0.324. The molecule has 13 heterocycles. The lowest BCUT2D eigenvalue weighted by Crippen LogP contribution is -2.42. The number of aryl methyl sites for hydroxylation is 2. The van der Waals surface area contributed by atoms with Gasteiger partial charge in [0.05, 0.1) is 62.1 Å². The smallest absolute Gasteiger partial charge is 0.213 e. The predicted octanol–water partition coefficient (Wildman–Crippen LogP) is 18.6. The number of nitriles is 1. The summed E-state index contributed by atoms with van der Waals surface area (Å²) >= 11 is 0. The number of methoxy groups -OCH3 is 1. The van der Waals surface area contributed by atoms with Gasteiger partial charge in [-0.15, -0.1) is 0 Å². The molecule has 21 rings (SSSR count). The fourth-order valence-electron chi connectivity index (χ4n) is 19.9. The number of aromatic amines is 1. The van der Waals surface area contributed by atoms with Gasteiger partial charge in [-0.2, -0.15) is 10.4 Å². The van der Waals surface area contributed by atoms with Gasteiger partial charge in [0, 0.05) is 260 Å². The monoisotopic (exact) mass is 2110 g/mol. The fourth-order valence-corrected chi connectivity index (χ4v) is 24.6. The zero-order chi connectivity index (χ0) is 105. The van der Waals surface area contributed by atoms with E-state index in [2.05, 4.69) is 174 Å². The third-order valence-electron chi connectivity index (χ3n) is 28.1. The van der Waals surface area contributed by atoms with Crippen molar-refractivity contribution in [1.82, 2.24) is 66.6 Å². The second kappa shape index (κ2) is 46.9. The quantitative estimate of drug-likeness (QED) is 0.0295. The summed E-state index contributed by atoms with van der Waals surface area (Å²) in [4.78, 5) is 30.1. The number of aromatic nitrogens is 9. The van der Waals surface area contributed by atoms with Crippen molar-refractivity contribution in [3.8, 4) is 67.6 Å². The molecule has 0 atom stereocenters. The van der Waals surface area contributed by atoms with Crippen molar-refractivity contribution in [2.24, 2.45) is 0 Å². The number of nitrogens with one attached hydrogen (secondary N) is 7. The molecule has 776 valence electrons. The Morgan fingerprint density at radius 3 is 1.01 bits per heavy atom. The lowest BCUT2D eigenvalue weighted by molar-refractivity contribution is 0.330. The van der Waals surface area contributed by atoms with Gasteiger partial charge in [-0.1, -0.05) is 24.3 Å². The van der Waals surface area contributed by atoms with E-state index in [1.807, 2.05) is 131 Å². The van der Waals surface area contributed by atoms with Gasteiger partial charge in [0.2, 0.25) is 56.0 Å². The number of rotatable bonds is 24. The summed E-state index contributed by atoms with van der Waals surface area (Å²) in [5.74, 6) is 0.349. The molecule has 32 nitrogen and oxygen atoms in total. The van der Waals surface area contributed by atoms with Crippen molar-refractivity contribution >= 4 is 149 Å². The Hall–Kier alpha value is -13.9. The zero-order valence-electron chi connectivity index (χ0n) is 84.8. The van der Waals surface area contributed by atoms with Crippen LogP contribution in [-0.2, 0) is 56.5 Å². The minimum Gasteiger partial charge on any atom is -0.481 e. The molecule has 5 saturated heterocycles. The van der Waals surface area contributed by atoms with Crippen molar-refractivity contribution in [3.05, 3.63) is 273 Å². The average molecular weight is 2110 g/mol. The van der Waals surface area contributed by atoms with E-state index in [0.29, 0.717) is 89.7 Å². The molecule has 0 spiro atoms. The van der Waals surface area contributed by atoms with Crippen LogP contribution < -0.4 is 36.6 Å². The zero-order valence-corrected chi connectivity index (χ0v) is 88.9. The van der Waals surface area contributed by atoms with Crippen molar-refractivity contribution < 1.29 is 51.2 Å². The van der Waals surface area contributed by atoms with Gasteiger partial charge in [-0.25, -0.2) is 73.0 Å². The highest BCUT2D eigenvalue weighted by Crippen LogP contribution is 2.41. The number of benzene rings is 8. The number of H-pyrrole nitrogens is 1. The van der Waals surface area contributed by atoms with E-state index in [0.717, 1.165) is 217 Å². The number of hydrogen-bond donors (Lipinski definition) is 7. The molecule has 5 fully saturated rings. The van der Waals surface area contributed by atoms with Crippen LogP contribution >= 0.6 is 0 Å². The van der Waals surface area contributed by atoms with Crippen molar-refractivity contribution in [3.63, 3.8) is 0 Å². The Labute approximate surface area is 870 Å². The highest BCUT2D eigenvalue weighted by atomic mass is 32.2. The van der Waals surface area contributed by atoms with Crippen LogP contribution in [0.4, 0.5) is 38.5 Å². The molecule has 0 saturated carbocycles. The lowest BCUT2D eigenvalue weighted by atomic mass is 9.97. The average Bonchev–Trinajstić information content (AvgIpc) is 1.36. The number of pyridine rings is 7. The first-order valence-corrected chi connectivity index (χ1v) is 58.9. The summed E-state index contributed by atoms with van der Waals surface area (Å²) in [7, 11) is -12.1. The molecule has 8 aromatic heterocycles. The van der Waals surface area contributed by atoms with E-state index < -0.39 is 50.1 Å². The van der Waals surface area contributed by atoms with Gasteiger partial charge in [0.25, 0.3) is 0 Å². The number of piperidine rings is 5. The molecule has 0 bridgehead atoms. The van der Waals surface area contributed by atoms with Gasteiger partial charge >= 0.3 is 0 Å². The minimum absolute atomic E-state index is 0.0151. The molecule has 16 aromatic rings. The van der Waals surface area contributed by atoms with E-state index >= 15 is 0 Å². The van der Waals surface area contributed by atoms with Crippen molar-refractivity contribution in [2.75, 3.05) is 142 Å². The molecule has 149 heavy (non-hydrogen) atoms. The maximum absolute atomic E-state index is 14.0. The number of anilines is 6. The first-order chi connectivity index (χ1) is 71.5. The number of sulfonamides is 5. The van der Waals surface area contributed by atoms with E-state index in [-0.39, 0.29) is 48.2 Å². The molecular weight excluding hydrogens is 1980 g/mol. The van der Waals surface area contributed by atoms with Crippen LogP contribution in [0.15, 0.2) is 250 Å². The molecule has 8 aromatic carbocycles. The van der Waals surface area contributed by atoms with Crippen LogP contribution in [0, 0.1) is 31.0 Å². The van der Waals surface area contributed by atoms with E-state index in [4.69, 9.17) is 10.00 Å². The molecule has 5 aliphatic rings. The maximum atomic E-state index is 14.0. The lowest BCUT2D eigenvalue weighted by Gasteiger charge is -2.32. The topological polar surface area (TPSA) is 411 Å². The van der Waals surface area contributed by atoms with Crippen LogP contribution in [-0.4, -0.2) is 249 Å². The van der Waals surface area contributed by atoms with Gasteiger partial charge in [-0.3, -0.25) is 35.0 Å². The van der Waals surface area contributed by atoms with Crippen LogP contribution in [0.3, 0.4) is 0 Å². The Balaban J connectivity index is 0.000000127. The summed E-state index contributed by atoms with van der Waals surface area (Å²) in [5.41, 5.74) is 20.1. The third-order valence-corrected chi connectivity index (χ3v) is 35.2. The van der Waals surface area contributed by atoms with Crippen LogP contribution in [0.2, 0.25) is 0 Å². The predicted molar refractivity (Wildman–Crippen MR) is 596 cm³/mol. The van der Waals surface area contributed by atoms with Gasteiger partial charge < -0.3 is 36.6 Å². The largest absolute Gasteiger partial charge is 0.481 e. The molecule has 38 heteroatoms.